The molecular weight excluding hydrogens is 396 g/mol. The Labute approximate surface area is 180 Å². The number of anilines is 1. The highest BCUT2D eigenvalue weighted by Crippen LogP contribution is 2.49. The molecule has 2 aromatic rings. The third-order valence-electron chi connectivity index (χ3n) is 6.21. The lowest BCUT2D eigenvalue weighted by atomic mass is 9.96. The molecule has 2 aromatic carbocycles. The first-order valence-electron chi connectivity index (χ1n) is 10.7. The number of benzene rings is 2. The molecule has 3 aliphatic rings. The molecule has 31 heavy (non-hydrogen) atoms. The van der Waals surface area contributed by atoms with Crippen molar-refractivity contribution in [1.29, 1.82) is 0 Å². The van der Waals surface area contributed by atoms with Crippen molar-refractivity contribution >= 4 is 23.5 Å². The Balaban J connectivity index is 1.40. The molecule has 0 unspecified atom stereocenters. The number of carbonyl (C=O) groups is 3. The van der Waals surface area contributed by atoms with E-state index in [0.29, 0.717) is 11.3 Å². The summed E-state index contributed by atoms with van der Waals surface area (Å²) in [6, 6.07) is 14.6. The lowest BCUT2D eigenvalue weighted by Gasteiger charge is -2.48. The number of fused-ring (bicyclic) bond motifs is 3. The maximum atomic E-state index is 13.5. The number of amides is 2. The zero-order valence-electron chi connectivity index (χ0n) is 17.4. The van der Waals surface area contributed by atoms with E-state index in [4.69, 9.17) is 9.47 Å². The summed E-state index contributed by atoms with van der Waals surface area (Å²) >= 11 is 0. The van der Waals surface area contributed by atoms with Crippen LogP contribution in [-0.4, -0.2) is 47.6 Å². The fraction of sp³-hybridized carbons (Fsp3) is 0.375. The highest BCUT2D eigenvalue weighted by Gasteiger charge is 2.64. The Morgan fingerprint density at radius 2 is 1.81 bits per heavy atom. The molecule has 0 N–H and O–H groups in total. The fourth-order valence-electron chi connectivity index (χ4n) is 4.63. The van der Waals surface area contributed by atoms with E-state index in [1.807, 2.05) is 31.2 Å². The standard InChI is InChI=1S/C24H24N2O5/c1-16-6-2-5-9-20(16)30-14-15-31-23(29)24-13-12-21(27)26(24)19-8-4-3-7-18(19)22(28)25(24)17-10-11-17/h2-9,17H,10-15H2,1H3/t24-/m0/s1. The van der Waals surface area contributed by atoms with Gasteiger partial charge in [0.15, 0.2) is 0 Å². The van der Waals surface area contributed by atoms with Gasteiger partial charge >= 0.3 is 5.97 Å². The second kappa shape index (κ2) is 7.41. The first-order valence-corrected chi connectivity index (χ1v) is 10.7. The van der Waals surface area contributed by atoms with Crippen molar-refractivity contribution in [3.05, 3.63) is 59.7 Å². The Kier molecular flexibility index (Phi) is 4.68. The molecule has 2 fully saturated rings. The summed E-state index contributed by atoms with van der Waals surface area (Å²) < 4.78 is 11.3. The number of hydrogen-bond donors (Lipinski definition) is 0. The van der Waals surface area contributed by atoms with E-state index >= 15 is 0 Å². The van der Waals surface area contributed by atoms with Crippen LogP contribution >= 0.6 is 0 Å². The van der Waals surface area contributed by atoms with Crippen molar-refractivity contribution in [2.75, 3.05) is 18.1 Å². The van der Waals surface area contributed by atoms with Crippen molar-refractivity contribution in [3.63, 3.8) is 0 Å². The maximum absolute atomic E-state index is 13.5. The lowest BCUT2D eigenvalue weighted by Crippen LogP contribution is -2.69. The number of carbonyl (C=O) groups excluding carboxylic acids is 3. The monoisotopic (exact) mass is 420 g/mol. The van der Waals surface area contributed by atoms with E-state index in [1.165, 1.54) is 4.90 Å². The number of aryl methyl sites for hydroxylation is 1. The summed E-state index contributed by atoms with van der Waals surface area (Å²) in [5, 5.41) is 0. The average molecular weight is 420 g/mol. The molecule has 2 aliphatic heterocycles. The molecular formula is C24H24N2O5. The van der Waals surface area contributed by atoms with Crippen molar-refractivity contribution in [1.82, 2.24) is 4.90 Å². The molecule has 1 atom stereocenters. The summed E-state index contributed by atoms with van der Waals surface area (Å²) in [7, 11) is 0. The quantitative estimate of drug-likeness (QED) is 0.530. The molecule has 160 valence electrons. The lowest BCUT2D eigenvalue weighted by molar-refractivity contribution is -0.158. The molecule has 1 saturated heterocycles. The highest BCUT2D eigenvalue weighted by atomic mass is 16.6. The number of esters is 1. The van der Waals surface area contributed by atoms with Gasteiger partial charge in [-0.15, -0.1) is 0 Å². The van der Waals surface area contributed by atoms with Crippen LogP contribution < -0.4 is 9.64 Å². The smallest absolute Gasteiger partial charge is 0.353 e. The molecule has 2 amide bonds. The molecule has 1 aliphatic carbocycles. The van der Waals surface area contributed by atoms with Crippen LogP contribution in [0.1, 0.15) is 41.6 Å². The molecule has 0 aromatic heterocycles. The number of hydrogen-bond acceptors (Lipinski definition) is 5. The largest absolute Gasteiger partial charge is 0.490 e. The second-order valence-electron chi connectivity index (χ2n) is 8.22. The van der Waals surface area contributed by atoms with Crippen molar-refractivity contribution in [2.24, 2.45) is 0 Å². The van der Waals surface area contributed by atoms with E-state index in [0.717, 1.165) is 24.2 Å². The van der Waals surface area contributed by atoms with Crippen molar-refractivity contribution in [2.45, 2.75) is 44.3 Å². The Morgan fingerprint density at radius 3 is 2.58 bits per heavy atom. The summed E-state index contributed by atoms with van der Waals surface area (Å²) in [4.78, 5) is 42.8. The van der Waals surface area contributed by atoms with Crippen LogP contribution in [0.5, 0.6) is 5.75 Å². The minimum Gasteiger partial charge on any atom is -0.490 e. The van der Waals surface area contributed by atoms with Gasteiger partial charge in [0.25, 0.3) is 5.91 Å². The summed E-state index contributed by atoms with van der Waals surface area (Å²) in [6.07, 6.45) is 2.07. The van der Waals surface area contributed by atoms with E-state index in [-0.39, 0.29) is 43.9 Å². The number of rotatable bonds is 6. The molecule has 5 rings (SSSR count). The zero-order chi connectivity index (χ0) is 21.6. The van der Waals surface area contributed by atoms with Gasteiger partial charge in [0, 0.05) is 18.9 Å². The van der Waals surface area contributed by atoms with Crippen molar-refractivity contribution in [3.8, 4) is 5.75 Å². The van der Waals surface area contributed by atoms with Crippen LogP contribution in [0.2, 0.25) is 0 Å². The van der Waals surface area contributed by atoms with Gasteiger partial charge in [-0.3, -0.25) is 14.5 Å². The summed E-state index contributed by atoms with van der Waals surface area (Å²) in [5.74, 6) is -0.215. The first kappa shape index (κ1) is 19.6. The predicted molar refractivity (Wildman–Crippen MR) is 113 cm³/mol. The second-order valence-corrected chi connectivity index (χ2v) is 8.22. The van der Waals surface area contributed by atoms with Gasteiger partial charge in [-0.2, -0.15) is 0 Å². The maximum Gasteiger partial charge on any atom is 0.353 e. The molecule has 0 bridgehead atoms. The van der Waals surface area contributed by atoms with E-state index < -0.39 is 11.6 Å². The van der Waals surface area contributed by atoms with Gasteiger partial charge in [-0.25, -0.2) is 4.79 Å². The van der Waals surface area contributed by atoms with Gasteiger partial charge in [0.2, 0.25) is 11.6 Å². The Morgan fingerprint density at radius 1 is 1.06 bits per heavy atom. The van der Waals surface area contributed by atoms with Gasteiger partial charge in [0.1, 0.15) is 19.0 Å². The Bertz CT molecular complexity index is 1060. The predicted octanol–water partition coefficient (Wildman–Crippen LogP) is 3.06. The number of ether oxygens (including phenoxy) is 2. The number of nitrogens with zero attached hydrogens (tertiary/aromatic N) is 2. The van der Waals surface area contributed by atoms with Gasteiger partial charge < -0.3 is 14.4 Å². The molecule has 0 spiro atoms. The Hall–Kier alpha value is -3.35. The summed E-state index contributed by atoms with van der Waals surface area (Å²) in [6.45, 7) is 2.17. The third kappa shape index (κ3) is 3.07. The highest BCUT2D eigenvalue weighted by molar-refractivity contribution is 6.15. The van der Waals surface area contributed by atoms with Crippen LogP contribution in [0, 0.1) is 6.92 Å². The van der Waals surface area contributed by atoms with Crippen LogP contribution in [0.25, 0.3) is 0 Å². The third-order valence-corrected chi connectivity index (χ3v) is 6.21. The summed E-state index contributed by atoms with van der Waals surface area (Å²) in [5.41, 5.74) is 0.525. The molecule has 1 saturated carbocycles. The SMILES string of the molecule is Cc1ccccc1OCCOC(=O)[C@]12CCC(=O)N1c1ccccc1C(=O)N2C1CC1. The minimum atomic E-state index is -1.41. The van der Waals surface area contributed by atoms with Crippen LogP contribution in [-0.2, 0) is 14.3 Å². The van der Waals surface area contributed by atoms with E-state index in [2.05, 4.69) is 0 Å². The molecule has 7 heteroatoms. The van der Waals surface area contributed by atoms with Gasteiger partial charge in [-0.05, 0) is 43.5 Å². The number of para-hydroxylation sites is 2. The van der Waals surface area contributed by atoms with Crippen molar-refractivity contribution < 1.29 is 23.9 Å². The van der Waals surface area contributed by atoms with Gasteiger partial charge in [-0.1, -0.05) is 30.3 Å². The normalized spacial score (nSPS) is 22.2. The molecule has 0 radical (unpaired) electrons. The van der Waals surface area contributed by atoms with Crippen LogP contribution in [0.15, 0.2) is 48.5 Å². The van der Waals surface area contributed by atoms with Gasteiger partial charge in [0.05, 0.1) is 11.3 Å². The first-order chi connectivity index (χ1) is 15.0. The topological polar surface area (TPSA) is 76.1 Å². The zero-order valence-corrected chi connectivity index (χ0v) is 17.4. The van der Waals surface area contributed by atoms with E-state index in [9.17, 15) is 14.4 Å². The van der Waals surface area contributed by atoms with Crippen LogP contribution in [0.4, 0.5) is 5.69 Å². The average Bonchev–Trinajstić information content (AvgIpc) is 3.54. The fourth-order valence-corrected chi connectivity index (χ4v) is 4.63. The van der Waals surface area contributed by atoms with Crippen LogP contribution in [0.3, 0.4) is 0 Å². The minimum absolute atomic E-state index is 0.0330. The van der Waals surface area contributed by atoms with E-state index in [1.54, 1.807) is 29.2 Å². The molecule has 2 heterocycles. The molecule has 7 nitrogen and oxygen atoms in total.